The molecule has 0 fully saturated rings. The Labute approximate surface area is 663 Å². The summed E-state index contributed by atoms with van der Waals surface area (Å²) in [6, 6.07) is 157. The van der Waals surface area contributed by atoms with E-state index in [-0.39, 0.29) is 0 Å². The van der Waals surface area contributed by atoms with Crippen molar-refractivity contribution in [1.82, 2.24) is 13.7 Å². The Hall–Kier alpha value is -15.2. The lowest BCUT2D eigenvalue weighted by molar-refractivity contribution is 1.19. The first kappa shape index (κ1) is 65.7. The highest BCUT2D eigenvalue weighted by Gasteiger charge is 2.21. The molecule has 0 spiro atoms. The van der Waals surface area contributed by atoms with Crippen molar-refractivity contribution in [2.24, 2.45) is 0 Å². The second kappa shape index (κ2) is 26.8. The van der Waals surface area contributed by atoms with E-state index in [4.69, 9.17) is 0 Å². The summed E-state index contributed by atoms with van der Waals surface area (Å²) in [4.78, 5) is 0. The van der Waals surface area contributed by atoms with Crippen LogP contribution >= 0.6 is 0 Å². The van der Waals surface area contributed by atoms with Crippen LogP contribution in [-0.4, -0.2) is 13.7 Å². The van der Waals surface area contributed by atoms with Crippen LogP contribution in [-0.2, 0) is 0 Å². The molecule has 0 bridgehead atoms. The van der Waals surface area contributed by atoms with Crippen LogP contribution in [0.1, 0.15) is 0 Å². The van der Waals surface area contributed by atoms with Gasteiger partial charge in [0.2, 0.25) is 0 Å². The van der Waals surface area contributed by atoms with E-state index in [1.165, 1.54) is 224 Å². The van der Waals surface area contributed by atoms with Gasteiger partial charge < -0.3 is 13.7 Å². The van der Waals surface area contributed by atoms with Gasteiger partial charge in [-0.25, -0.2) is 0 Å². The van der Waals surface area contributed by atoms with Crippen LogP contribution in [0.2, 0.25) is 0 Å². The van der Waals surface area contributed by atoms with Gasteiger partial charge in [0, 0.05) is 48.8 Å². The summed E-state index contributed by atoms with van der Waals surface area (Å²) < 4.78 is 7.29. The molecule has 0 amide bonds. The van der Waals surface area contributed by atoms with E-state index in [9.17, 15) is 0 Å². The standard InChI is InChI=1S/2C40H25N.C32H21N/c1-3-11-32-27(9-1)16-17-30-24-28(18-21-33(30)32)29-19-22-35-31(25-29)20-23-39-40(35)36-13-5-6-14-38(36)41(39)37-15-7-10-26-8-2-4-12-34(26)37;1-3-11-32-27(9-1)16-17-28-18-19-30(25-36(28)32)29-20-22-34-31(24-29)21-23-39-40(34)35-13-5-6-14-38(35)41(39)37-15-7-10-26-8-2-4-12-33(26)37;1-2-8-22(9-3-1)26-15-14-24-17-19-31-32(29(24)21-26)28-12-6-7-13-30(28)33(31)27-18-16-23-10-4-5-11-25(23)20-27/h2*1-25H;1-21H. The lowest BCUT2D eigenvalue weighted by Gasteiger charge is -2.12. The van der Waals surface area contributed by atoms with Gasteiger partial charge in [0.25, 0.3) is 0 Å². The van der Waals surface area contributed by atoms with Crippen LogP contribution in [0.5, 0.6) is 0 Å². The molecule has 3 heterocycles. The van der Waals surface area contributed by atoms with E-state index in [1.54, 1.807) is 0 Å². The fourth-order valence-electron chi connectivity index (χ4n) is 18.8. The monoisotopic (exact) mass is 1460 g/mol. The quantitative estimate of drug-likeness (QED) is 0.147. The third-order valence-corrected chi connectivity index (χ3v) is 24.2. The second-order valence-electron chi connectivity index (χ2n) is 30.6. The number of hydrogen-bond donors (Lipinski definition) is 0. The number of hydrogen-bond acceptors (Lipinski definition) is 0. The van der Waals surface area contributed by atoms with Gasteiger partial charge in [-0.3, -0.25) is 0 Å². The Kier molecular flexibility index (Phi) is 15.3. The zero-order chi connectivity index (χ0) is 75.6. The molecule has 0 aliphatic rings. The maximum absolute atomic E-state index is 2.44. The number of aromatic nitrogens is 3. The Morgan fingerprint density at radius 2 is 0.426 bits per heavy atom. The summed E-state index contributed by atoms with van der Waals surface area (Å²) in [6.45, 7) is 0. The molecular formula is C112H71N3. The molecule has 3 heteroatoms. The van der Waals surface area contributed by atoms with Crippen molar-refractivity contribution in [3.63, 3.8) is 0 Å². The van der Waals surface area contributed by atoms with E-state index in [0.29, 0.717) is 0 Å². The molecule has 0 aliphatic carbocycles. The van der Waals surface area contributed by atoms with Crippen LogP contribution in [0, 0.1) is 0 Å². The molecule has 0 radical (unpaired) electrons. The number of nitrogens with zero attached hydrogens (tertiary/aromatic N) is 3. The predicted octanol–water partition coefficient (Wildman–Crippen LogP) is 30.9. The van der Waals surface area contributed by atoms with Crippen molar-refractivity contribution in [3.8, 4) is 50.4 Å². The molecule has 22 aromatic carbocycles. The normalized spacial score (nSPS) is 11.8. The molecule has 0 unspecified atom stereocenters. The van der Waals surface area contributed by atoms with Gasteiger partial charge in [0.15, 0.2) is 0 Å². The fraction of sp³-hybridized carbons (Fsp3) is 0. The zero-order valence-corrected chi connectivity index (χ0v) is 62.8. The van der Waals surface area contributed by atoms with Crippen molar-refractivity contribution in [1.29, 1.82) is 0 Å². The van der Waals surface area contributed by atoms with Crippen LogP contribution in [0.25, 0.3) is 224 Å². The van der Waals surface area contributed by atoms with E-state index < -0.39 is 0 Å². The predicted molar refractivity (Wildman–Crippen MR) is 494 cm³/mol. The first-order chi connectivity index (χ1) is 57.0. The molecular weight excluding hydrogens is 1390 g/mol. The first-order valence-corrected chi connectivity index (χ1v) is 39.8. The minimum absolute atomic E-state index is 1.19. The summed E-state index contributed by atoms with van der Waals surface area (Å²) in [5.41, 5.74) is 18.5. The molecule has 0 saturated heterocycles. The van der Waals surface area contributed by atoms with Crippen LogP contribution < -0.4 is 0 Å². The summed E-state index contributed by atoms with van der Waals surface area (Å²) >= 11 is 0. The number of fused-ring (bicyclic) bond motifs is 24. The smallest absolute Gasteiger partial charge is 0.0547 e. The van der Waals surface area contributed by atoms with Gasteiger partial charge in [0.1, 0.15) is 0 Å². The molecule has 0 saturated carbocycles. The minimum atomic E-state index is 1.19. The van der Waals surface area contributed by atoms with Gasteiger partial charge >= 0.3 is 0 Å². The van der Waals surface area contributed by atoms with Gasteiger partial charge in [-0.05, 0) is 221 Å². The fourth-order valence-corrected chi connectivity index (χ4v) is 18.8. The molecule has 0 N–H and O–H groups in total. The topological polar surface area (TPSA) is 14.8 Å². The van der Waals surface area contributed by atoms with Gasteiger partial charge in [-0.1, -0.05) is 340 Å². The Bertz CT molecular complexity index is 8290. The molecule has 25 rings (SSSR count). The van der Waals surface area contributed by atoms with Crippen molar-refractivity contribution >= 4 is 173 Å². The second-order valence-corrected chi connectivity index (χ2v) is 30.6. The third-order valence-electron chi connectivity index (χ3n) is 24.2. The van der Waals surface area contributed by atoms with E-state index in [2.05, 4.69) is 444 Å². The third kappa shape index (κ3) is 10.9. The van der Waals surface area contributed by atoms with Crippen molar-refractivity contribution in [2.75, 3.05) is 0 Å². The highest BCUT2D eigenvalue weighted by molar-refractivity contribution is 6.25. The lowest BCUT2D eigenvalue weighted by atomic mass is 9.95. The maximum Gasteiger partial charge on any atom is 0.0547 e. The molecule has 3 aromatic heterocycles. The maximum atomic E-state index is 2.44. The minimum Gasteiger partial charge on any atom is -0.309 e. The Morgan fingerprint density at radius 3 is 0.965 bits per heavy atom. The van der Waals surface area contributed by atoms with E-state index in [0.717, 1.165) is 0 Å². The first-order valence-electron chi connectivity index (χ1n) is 39.8. The summed E-state index contributed by atoms with van der Waals surface area (Å²) in [7, 11) is 0. The van der Waals surface area contributed by atoms with E-state index in [1.807, 2.05) is 0 Å². The average Bonchev–Trinajstić information content (AvgIpc) is 1.58. The van der Waals surface area contributed by atoms with E-state index >= 15 is 0 Å². The lowest BCUT2D eigenvalue weighted by Crippen LogP contribution is -1.95. The number of para-hydroxylation sites is 3. The van der Waals surface area contributed by atoms with Gasteiger partial charge in [-0.2, -0.15) is 0 Å². The molecule has 534 valence electrons. The van der Waals surface area contributed by atoms with Crippen molar-refractivity contribution < 1.29 is 0 Å². The Morgan fingerprint density at radius 1 is 0.122 bits per heavy atom. The number of rotatable bonds is 6. The Balaban J connectivity index is 0.000000103. The summed E-state index contributed by atoms with van der Waals surface area (Å²) in [5, 5.41) is 33.3. The van der Waals surface area contributed by atoms with Crippen LogP contribution in [0.4, 0.5) is 0 Å². The molecule has 0 aliphatic heterocycles. The highest BCUT2D eigenvalue weighted by atomic mass is 15.0. The molecule has 115 heavy (non-hydrogen) atoms. The van der Waals surface area contributed by atoms with Gasteiger partial charge in [0.05, 0.1) is 44.5 Å². The highest BCUT2D eigenvalue weighted by Crippen LogP contribution is 2.45. The largest absolute Gasteiger partial charge is 0.309 e. The van der Waals surface area contributed by atoms with Crippen molar-refractivity contribution in [2.45, 2.75) is 0 Å². The molecule has 0 atom stereocenters. The average molecular weight is 1460 g/mol. The summed E-state index contributed by atoms with van der Waals surface area (Å²) in [6.07, 6.45) is 0. The molecule has 3 nitrogen and oxygen atoms in total. The van der Waals surface area contributed by atoms with Gasteiger partial charge in [-0.15, -0.1) is 0 Å². The van der Waals surface area contributed by atoms with Crippen molar-refractivity contribution in [3.05, 3.63) is 431 Å². The SMILES string of the molecule is c1ccc(-c2ccc3ccc4c(c3c2)c2ccccc2n4-c2ccc3ccccc3c2)cc1.c1ccc2c(-n3c4ccccc4c4c5ccc(-c6ccc7c(ccc8ccccc87)c6)cc5ccc43)cccc2c1.c1ccc2c(-n3c4ccccc4c4c5ccc(-c6ccc7ccc8ccccc8c7c6)cc5ccc43)cccc2c1. The molecule has 25 aromatic rings. The summed E-state index contributed by atoms with van der Waals surface area (Å²) in [5.74, 6) is 0. The van der Waals surface area contributed by atoms with Crippen LogP contribution in [0.3, 0.4) is 0 Å². The zero-order valence-electron chi connectivity index (χ0n) is 62.8. The number of benzene rings is 22. The van der Waals surface area contributed by atoms with Crippen LogP contribution in [0.15, 0.2) is 431 Å².